The topological polar surface area (TPSA) is 60.4 Å². The van der Waals surface area contributed by atoms with Crippen LogP contribution in [0.25, 0.3) is 0 Å². The van der Waals surface area contributed by atoms with Gasteiger partial charge in [0, 0.05) is 21.8 Å². The predicted octanol–water partition coefficient (Wildman–Crippen LogP) is 7.50. The number of ether oxygens (including phenoxy) is 3. The van der Waals surface area contributed by atoms with Crippen LogP contribution in [-0.4, -0.2) is 29.3 Å². The van der Waals surface area contributed by atoms with Crippen LogP contribution in [0.3, 0.4) is 0 Å². The lowest BCUT2D eigenvalue weighted by Crippen LogP contribution is -2.34. The van der Waals surface area contributed by atoms with Gasteiger partial charge in [-0.1, -0.05) is 41.0 Å². The lowest BCUT2D eigenvalue weighted by Gasteiger charge is -2.33. The number of hydrogen-bond acceptors (Lipinski definition) is 7. The number of fused-ring (bicyclic) bond motifs is 1. The fraction of sp³-hybridized carbons (Fsp3) is 0.280. The maximum atomic E-state index is 13.0. The fourth-order valence-corrected chi connectivity index (χ4v) is 5.73. The third kappa shape index (κ3) is 5.35. The smallest absolute Gasteiger partial charge is 0.338 e. The molecule has 0 N–H and O–H groups in total. The number of aliphatic imine (C=N–C) groups is 1. The van der Waals surface area contributed by atoms with Gasteiger partial charge in [0.15, 0.2) is 16.7 Å². The molecule has 6 nitrogen and oxygen atoms in total. The van der Waals surface area contributed by atoms with Gasteiger partial charge in [-0.3, -0.25) is 0 Å². The Morgan fingerprint density at radius 3 is 2.60 bits per heavy atom. The molecule has 0 aromatic heterocycles. The van der Waals surface area contributed by atoms with E-state index in [-0.39, 0.29) is 13.2 Å². The van der Waals surface area contributed by atoms with Gasteiger partial charge >= 0.3 is 5.97 Å². The number of hydrogen-bond donors (Lipinski definition) is 0. The average molecular weight is 598 g/mol. The Morgan fingerprint density at radius 2 is 1.91 bits per heavy atom. The van der Waals surface area contributed by atoms with Gasteiger partial charge in [0.1, 0.15) is 6.61 Å². The first-order valence-electron chi connectivity index (χ1n) is 11.0. The molecule has 0 aliphatic carbocycles. The van der Waals surface area contributed by atoms with Gasteiger partial charge < -0.3 is 19.1 Å². The fourth-order valence-electron chi connectivity index (χ4n) is 3.86. The van der Waals surface area contributed by atoms with E-state index in [0.717, 1.165) is 10.7 Å². The highest BCUT2D eigenvalue weighted by molar-refractivity contribution is 9.10. The van der Waals surface area contributed by atoms with Crippen LogP contribution >= 0.6 is 50.9 Å². The standard InChI is InChI=1S/C25H23BrCl2N2O4S/c1-4-32-20-12-15(11-17(26)23(20)34-13-16-18(27)7-6-8-19(16)28)22-21(24(31)33-5-2)14(3)29-25-30(22)9-10-35-25/h6-12,22H,4-5,13H2,1-3H3/t22-/m1/s1. The van der Waals surface area contributed by atoms with E-state index in [2.05, 4.69) is 20.9 Å². The van der Waals surface area contributed by atoms with E-state index in [4.69, 9.17) is 37.4 Å². The molecule has 0 spiro atoms. The first-order chi connectivity index (χ1) is 16.8. The number of benzene rings is 2. The highest BCUT2D eigenvalue weighted by Crippen LogP contribution is 2.46. The molecule has 0 saturated carbocycles. The van der Waals surface area contributed by atoms with Gasteiger partial charge in [-0.2, -0.15) is 0 Å². The monoisotopic (exact) mass is 596 g/mol. The van der Waals surface area contributed by atoms with Crippen molar-refractivity contribution in [2.45, 2.75) is 33.4 Å². The summed E-state index contributed by atoms with van der Waals surface area (Å²) in [4.78, 5) is 19.5. The van der Waals surface area contributed by atoms with Crippen molar-refractivity contribution in [3.8, 4) is 11.5 Å². The molecular weight excluding hydrogens is 575 g/mol. The largest absolute Gasteiger partial charge is 0.490 e. The summed E-state index contributed by atoms with van der Waals surface area (Å²) in [6.07, 6.45) is 1.91. The summed E-state index contributed by atoms with van der Waals surface area (Å²) >= 11 is 17.8. The zero-order valence-electron chi connectivity index (χ0n) is 19.3. The first-order valence-corrected chi connectivity index (χ1v) is 13.4. The Hall–Kier alpha value is -2.13. The maximum absolute atomic E-state index is 13.0. The van der Waals surface area contributed by atoms with Crippen LogP contribution in [0.1, 0.15) is 37.9 Å². The summed E-state index contributed by atoms with van der Waals surface area (Å²) in [6.45, 7) is 6.37. The average Bonchev–Trinajstić information content (AvgIpc) is 3.27. The van der Waals surface area contributed by atoms with Crippen molar-refractivity contribution >= 4 is 62.0 Å². The third-order valence-electron chi connectivity index (χ3n) is 5.39. The highest BCUT2D eigenvalue weighted by atomic mass is 79.9. The molecule has 0 amide bonds. The zero-order valence-corrected chi connectivity index (χ0v) is 23.2. The van der Waals surface area contributed by atoms with Gasteiger partial charge in [0.05, 0.1) is 35.0 Å². The van der Waals surface area contributed by atoms with Crippen LogP contribution in [0.5, 0.6) is 11.5 Å². The quantitative estimate of drug-likeness (QED) is 0.294. The second-order valence-corrected chi connectivity index (χ2v) is 10.1. The molecule has 2 heterocycles. The minimum atomic E-state index is -0.435. The third-order valence-corrected chi connectivity index (χ3v) is 7.45. The molecule has 10 heteroatoms. The molecule has 2 aromatic carbocycles. The normalized spacial score (nSPS) is 16.8. The van der Waals surface area contributed by atoms with Crippen molar-refractivity contribution < 1.29 is 19.0 Å². The molecule has 184 valence electrons. The SMILES string of the molecule is CCOC(=O)C1=C(C)N=C2SC=CN2[C@@H]1c1cc(Br)c(OCc2c(Cl)cccc2Cl)c(OCC)c1. The Labute approximate surface area is 227 Å². The van der Waals surface area contributed by atoms with Crippen molar-refractivity contribution in [3.05, 3.63) is 78.9 Å². The summed E-state index contributed by atoms with van der Waals surface area (Å²) in [5.74, 6) is 0.646. The van der Waals surface area contributed by atoms with Crippen molar-refractivity contribution in [3.63, 3.8) is 0 Å². The highest BCUT2D eigenvalue weighted by Gasteiger charge is 2.38. The van der Waals surface area contributed by atoms with E-state index in [0.29, 0.717) is 49.5 Å². The van der Waals surface area contributed by atoms with Gasteiger partial charge in [-0.25, -0.2) is 9.79 Å². The number of carbonyl (C=O) groups is 1. The Balaban J connectivity index is 1.75. The molecule has 0 saturated heterocycles. The first kappa shape index (κ1) is 25.9. The van der Waals surface area contributed by atoms with E-state index < -0.39 is 12.0 Å². The van der Waals surface area contributed by atoms with Crippen LogP contribution < -0.4 is 9.47 Å². The molecule has 35 heavy (non-hydrogen) atoms. The van der Waals surface area contributed by atoms with Crippen molar-refractivity contribution in [2.75, 3.05) is 13.2 Å². The minimum absolute atomic E-state index is 0.162. The van der Waals surface area contributed by atoms with E-state index in [9.17, 15) is 4.79 Å². The number of thioether (sulfide) groups is 1. The molecule has 2 aromatic rings. The summed E-state index contributed by atoms with van der Waals surface area (Å²) in [5.41, 5.74) is 2.61. The van der Waals surface area contributed by atoms with E-state index in [1.807, 2.05) is 42.5 Å². The van der Waals surface area contributed by atoms with E-state index >= 15 is 0 Å². The number of carbonyl (C=O) groups excluding carboxylic acids is 1. The lowest BCUT2D eigenvalue weighted by atomic mass is 9.94. The van der Waals surface area contributed by atoms with Gasteiger partial charge in [0.25, 0.3) is 0 Å². The van der Waals surface area contributed by atoms with Crippen LogP contribution in [0.2, 0.25) is 10.0 Å². The van der Waals surface area contributed by atoms with Gasteiger partial charge in [-0.05, 0) is 71.9 Å². The molecule has 1 atom stereocenters. The molecule has 0 fully saturated rings. The van der Waals surface area contributed by atoms with Crippen molar-refractivity contribution in [1.82, 2.24) is 4.90 Å². The maximum Gasteiger partial charge on any atom is 0.338 e. The van der Waals surface area contributed by atoms with E-state index in [1.54, 1.807) is 25.1 Å². The van der Waals surface area contributed by atoms with Crippen molar-refractivity contribution in [1.29, 1.82) is 0 Å². The van der Waals surface area contributed by atoms with Crippen LogP contribution in [0, 0.1) is 0 Å². The summed E-state index contributed by atoms with van der Waals surface area (Å²) in [6, 6.07) is 8.69. The molecule has 2 aliphatic heterocycles. The lowest BCUT2D eigenvalue weighted by molar-refractivity contribution is -0.139. The van der Waals surface area contributed by atoms with Crippen LogP contribution in [0.15, 0.2) is 62.7 Å². The number of rotatable bonds is 8. The van der Waals surface area contributed by atoms with Gasteiger partial charge in [0.2, 0.25) is 0 Å². The summed E-state index contributed by atoms with van der Waals surface area (Å²) in [7, 11) is 0. The zero-order chi connectivity index (χ0) is 25.1. The van der Waals surface area contributed by atoms with Gasteiger partial charge in [-0.15, -0.1) is 0 Å². The van der Waals surface area contributed by atoms with E-state index in [1.165, 1.54) is 11.8 Å². The van der Waals surface area contributed by atoms with Crippen LogP contribution in [-0.2, 0) is 16.1 Å². The minimum Gasteiger partial charge on any atom is -0.490 e. The number of amidine groups is 1. The molecule has 0 bridgehead atoms. The summed E-state index contributed by atoms with van der Waals surface area (Å²) < 4.78 is 18.1. The molecule has 4 rings (SSSR count). The Morgan fingerprint density at radius 1 is 1.17 bits per heavy atom. The predicted molar refractivity (Wildman–Crippen MR) is 144 cm³/mol. The Bertz CT molecular complexity index is 1230. The molecular formula is C25H23BrCl2N2O4S. The molecule has 0 unspecified atom stereocenters. The molecule has 2 aliphatic rings. The number of halogens is 3. The molecule has 0 radical (unpaired) electrons. The van der Waals surface area contributed by atoms with Crippen LogP contribution in [0.4, 0.5) is 0 Å². The second kappa shape index (κ2) is 11.3. The number of esters is 1. The number of allylic oxidation sites excluding steroid dienone is 1. The number of nitrogens with zero attached hydrogens (tertiary/aromatic N) is 2. The summed E-state index contributed by atoms with van der Waals surface area (Å²) in [5, 5.41) is 3.78. The Kier molecular flexibility index (Phi) is 8.37. The second-order valence-electron chi connectivity index (χ2n) is 7.58. The van der Waals surface area contributed by atoms with Crippen molar-refractivity contribution in [2.24, 2.45) is 4.99 Å².